The van der Waals surface area contributed by atoms with E-state index in [1.165, 1.54) is 5.56 Å². The van der Waals surface area contributed by atoms with Gasteiger partial charge in [0.15, 0.2) is 0 Å². The smallest absolute Gasteiger partial charge is 0.314 e. The fraction of sp³-hybridized carbons (Fsp3) is 0.533. The Kier molecular flexibility index (Phi) is 3.71. The summed E-state index contributed by atoms with van der Waals surface area (Å²) in [4.78, 5) is 11.7. The molecule has 0 bridgehead atoms. The fourth-order valence-corrected chi connectivity index (χ4v) is 2.90. The summed E-state index contributed by atoms with van der Waals surface area (Å²) < 4.78 is 0. The number of aryl methyl sites for hydroxylation is 1. The molecule has 0 unspecified atom stereocenters. The van der Waals surface area contributed by atoms with Gasteiger partial charge >= 0.3 is 5.97 Å². The maximum absolute atomic E-state index is 11.7. The van der Waals surface area contributed by atoms with Crippen molar-refractivity contribution in [3.05, 3.63) is 35.4 Å². The average molecular weight is 247 g/mol. The standard InChI is InChI=1S/C15H21NO2/c1-11-3-5-12(6-4-11)15(14(17)18)9-7-13(16-2)8-10-15/h3-6,13,16H,7-10H2,1-2H3,(H,17,18). The van der Waals surface area contributed by atoms with Gasteiger partial charge in [-0.25, -0.2) is 0 Å². The summed E-state index contributed by atoms with van der Waals surface area (Å²) >= 11 is 0. The highest BCUT2D eigenvalue weighted by Gasteiger charge is 2.43. The highest BCUT2D eigenvalue weighted by Crippen LogP contribution is 2.39. The second-order valence-corrected chi connectivity index (χ2v) is 5.32. The summed E-state index contributed by atoms with van der Waals surface area (Å²) in [5.41, 5.74) is 1.44. The van der Waals surface area contributed by atoms with Crippen LogP contribution in [0.25, 0.3) is 0 Å². The van der Waals surface area contributed by atoms with Crippen LogP contribution in [-0.2, 0) is 10.2 Å². The molecule has 0 spiro atoms. The molecule has 2 N–H and O–H groups in total. The van der Waals surface area contributed by atoms with E-state index in [2.05, 4.69) is 5.32 Å². The average Bonchev–Trinajstić information content (AvgIpc) is 2.39. The van der Waals surface area contributed by atoms with Gasteiger partial charge in [0.2, 0.25) is 0 Å². The van der Waals surface area contributed by atoms with Crippen molar-refractivity contribution >= 4 is 5.97 Å². The predicted molar refractivity (Wildman–Crippen MR) is 71.8 cm³/mol. The van der Waals surface area contributed by atoms with Gasteiger partial charge in [-0.05, 0) is 45.2 Å². The quantitative estimate of drug-likeness (QED) is 0.862. The first-order valence-corrected chi connectivity index (χ1v) is 6.56. The molecule has 0 amide bonds. The van der Waals surface area contributed by atoms with Crippen LogP contribution in [0, 0.1) is 6.92 Å². The van der Waals surface area contributed by atoms with Gasteiger partial charge in [-0.3, -0.25) is 4.79 Å². The zero-order valence-electron chi connectivity index (χ0n) is 11.1. The molecule has 3 heteroatoms. The first kappa shape index (κ1) is 13.1. The van der Waals surface area contributed by atoms with Crippen molar-refractivity contribution in [2.45, 2.75) is 44.1 Å². The van der Waals surface area contributed by atoms with Gasteiger partial charge < -0.3 is 10.4 Å². The number of carboxylic acid groups (broad SMARTS) is 1. The molecule has 0 radical (unpaired) electrons. The predicted octanol–water partition coefficient (Wildman–Crippen LogP) is 2.48. The number of hydrogen-bond acceptors (Lipinski definition) is 2. The van der Waals surface area contributed by atoms with Gasteiger partial charge in [-0.1, -0.05) is 29.8 Å². The summed E-state index contributed by atoms with van der Waals surface area (Å²) in [6.45, 7) is 2.02. The van der Waals surface area contributed by atoms with E-state index in [1.54, 1.807) is 0 Å². The Balaban J connectivity index is 2.28. The number of rotatable bonds is 3. The highest BCUT2D eigenvalue weighted by molar-refractivity contribution is 5.81. The van der Waals surface area contributed by atoms with Crippen LogP contribution in [0.5, 0.6) is 0 Å². The van der Waals surface area contributed by atoms with E-state index in [-0.39, 0.29) is 0 Å². The molecule has 0 heterocycles. The molecule has 3 nitrogen and oxygen atoms in total. The van der Waals surface area contributed by atoms with Crippen molar-refractivity contribution in [3.63, 3.8) is 0 Å². The lowest BCUT2D eigenvalue weighted by molar-refractivity contribution is -0.145. The second kappa shape index (κ2) is 5.11. The first-order valence-electron chi connectivity index (χ1n) is 6.56. The number of carbonyl (C=O) groups is 1. The van der Waals surface area contributed by atoms with Crippen molar-refractivity contribution in [2.24, 2.45) is 0 Å². The van der Waals surface area contributed by atoms with Crippen LogP contribution in [0.2, 0.25) is 0 Å². The molecule has 0 saturated heterocycles. The van der Waals surface area contributed by atoms with Crippen LogP contribution in [0.1, 0.15) is 36.8 Å². The molecule has 0 atom stereocenters. The molecule has 1 saturated carbocycles. The molecular formula is C15H21NO2. The van der Waals surface area contributed by atoms with Crippen molar-refractivity contribution in [1.29, 1.82) is 0 Å². The lowest BCUT2D eigenvalue weighted by atomic mass is 9.68. The Morgan fingerprint density at radius 1 is 1.28 bits per heavy atom. The lowest BCUT2D eigenvalue weighted by Gasteiger charge is -2.37. The van der Waals surface area contributed by atoms with Gasteiger partial charge in [0.25, 0.3) is 0 Å². The molecule has 0 aromatic heterocycles. The molecule has 1 aliphatic rings. The SMILES string of the molecule is CNC1CCC(C(=O)O)(c2ccc(C)cc2)CC1. The monoisotopic (exact) mass is 247 g/mol. The maximum atomic E-state index is 11.7. The van der Waals surface area contributed by atoms with Crippen LogP contribution in [0.4, 0.5) is 0 Å². The van der Waals surface area contributed by atoms with Gasteiger partial charge in [0.1, 0.15) is 0 Å². The van der Waals surface area contributed by atoms with Crippen LogP contribution < -0.4 is 5.32 Å². The van der Waals surface area contributed by atoms with Crippen LogP contribution in [0.3, 0.4) is 0 Å². The molecule has 1 aromatic carbocycles. The molecule has 1 aromatic rings. The Morgan fingerprint density at radius 2 is 1.83 bits per heavy atom. The van der Waals surface area contributed by atoms with Crippen molar-refractivity contribution in [1.82, 2.24) is 5.32 Å². The van der Waals surface area contributed by atoms with Crippen molar-refractivity contribution in [2.75, 3.05) is 7.05 Å². The molecule has 1 fully saturated rings. The zero-order chi connectivity index (χ0) is 13.2. The fourth-order valence-electron chi connectivity index (χ4n) is 2.90. The summed E-state index contributed by atoms with van der Waals surface area (Å²) in [6.07, 6.45) is 3.29. The number of carboxylic acids is 1. The number of aliphatic carboxylic acids is 1. The van der Waals surface area contributed by atoms with E-state index in [0.717, 1.165) is 31.2 Å². The zero-order valence-corrected chi connectivity index (χ0v) is 11.1. The van der Waals surface area contributed by atoms with E-state index >= 15 is 0 Å². The van der Waals surface area contributed by atoms with Crippen LogP contribution >= 0.6 is 0 Å². The third kappa shape index (κ3) is 2.27. The summed E-state index contributed by atoms with van der Waals surface area (Å²) in [5.74, 6) is -0.680. The van der Waals surface area contributed by atoms with E-state index in [4.69, 9.17) is 0 Å². The maximum Gasteiger partial charge on any atom is 0.314 e. The lowest BCUT2D eigenvalue weighted by Crippen LogP contribution is -2.43. The largest absolute Gasteiger partial charge is 0.481 e. The minimum Gasteiger partial charge on any atom is -0.481 e. The topological polar surface area (TPSA) is 49.3 Å². The van der Waals surface area contributed by atoms with Gasteiger partial charge in [-0.2, -0.15) is 0 Å². The minimum absolute atomic E-state index is 0.461. The third-order valence-electron chi connectivity index (χ3n) is 4.26. The molecule has 18 heavy (non-hydrogen) atoms. The Labute approximate surface area is 108 Å². The van der Waals surface area contributed by atoms with Crippen molar-refractivity contribution < 1.29 is 9.90 Å². The summed E-state index contributed by atoms with van der Waals surface area (Å²) in [5, 5.41) is 12.9. The third-order valence-corrected chi connectivity index (χ3v) is 4.26. The summed E-state index contributed by atoms with van der Waals surface area (Å²) in [7, 11) is 1.95. The molecule has 1 aliphatic carbocycles. The molecule has 2 rings (SSSR count). The number of hydrogen-bond donors (Lipinski definition) is 2. The van der Waals surface area contributed by atoms with Gasteiger partial charge in [0.05, 0.1) is 5.41 Å². The van der Waals surface area contributed by atoms with Gasteiger partial charge in [-0.15, -0.1) is 0 Å². The molecule has 98 valence electrons. The van der Waals surface area contributed by atoms with Crippen LogP contribution in [0.15, 0.2) is 24.3 Å². The van der Waals surface area contributed by atoms with E-state index < -0.39 is 11.4 Å². The first-order chi connectivity index (χ1) is 8.58. The van der Waals surface area contributed by atoms with Gasteiger partial charge in [0, 0.05) is 6.04 Å². The van der Waals surface area contributed by atoms with E-state index in [0.29, 0.717) is 6.04 Å². The Hall–Kier alpha value is -1.35. The Morgan fingerprint density at radius 3 is 2.28 bits per heavy atom. The van der Waals surface area contributed by atoms with Crippen molar-refractivity contribution in [3.8, 4) is 0 Å². The van der Waals surface area contributed by atoms with E-state index in [9.17, 15) is 9.90 Å². The second-order valence-electron chi connectivity index (χ2n) is 5.32. The Bertz CT molecular complexity index is 417. The van der Waals surface area contributed by atoms with E-state index in [1.807, 2.05) is 38.2 Å². The highest BCUT2D eigenvalue weighted by atomic mass is 16.4. The normalized spacial score (nSPS) is 28.0. The molecule has 0 aliphatic heterocycles. The number of benzene rings is 1. The number of nitrogens with one attached hydrogen (secondary N) is 1. The van der Waals surface area contributed by atoms with Crippen LogP contribution in [-0.4, -0.2) is 24.2 Å². The summed E-state index contributed by atoms with van der Waals surface area (Å²) in [6, 6.07) is 8.42. The molecular weight excluding hydrogens is 226 g/mol. The minimum atomic E-state index is -0.680.